The van der Waals surface area contributed by atoms with E-state index in [9.17, 15) is 4.79 Å². The molecule has 1 aromatic heterocycles. The summed E-state index contributed by atoms with van der Waals surface area (Å²) in [6.07, 6.45) is 5.29. The summed E-state index contributed by atoms with van der Waals surface area (Å²) in [7, 11) is 1.66. The molecule has 5 rings (SSSR count). The minimum Gasteiger partial charge on any atom is -0.357 e. The number of aromatic nitrogens is 2. The Bertz CT molecular complexity index is 1040. The highest BCUT2D eigenvalue weighted by molar-refractivity contribution is 5.83. The molecule has 6 nitrogen and oxygen atoms in total. The fraction of sp³-hybridized carbons (Fsp3) is 0.333. The van der Waals surface area contributed by atoms with Gasteiger partial charge in [0.1, 0.15) is 0 Å². The summed E-state index contributed by atoms with van der Waals surface area (Å²) in [5.74, 6) is -0.0740. The highest BCUT2D eigenvalue weighted by Crippen LogP contribution is 2.49. The van der Waals surface area contributed by atoms with Crippen LogP contribution in [-0.2, 0) is 21.7 Å². The molecular weight excluding hydrogens is 376 g/mol. The highest BCUT2D eigenvalue weighted by atomic mass is 16.5. The van der Waals surface area contributed by atoms with Crippen molar-refractivity contribution in [2.45, 2.75) is 31.1 Å². The van der Waals surface area contributed by atoms with Crippen LogP contribution in [0.2, 0.25) is 0 Å². The van der Waals surface area contributed by atoms with Gasteiger partial charge in [0, 0.05) is 38.4 Å². The SMILES string of the molecule is CNC(=O)C1OC2(CCN(Cc3cnn(-c4ccccc4)c3)CC2)c2ccccc21. The summed E-state index contributed by atoms with van der Waals surface area (Å²) in [5.41, 5.74) is 4.09. The third-order valence-electron chi connectivity index (χ3n) is 6.29. The van der Waals surface area contributed by atoms with Crippen LogP contribution < -0.4 is 5.32 Å². The molecule has 0 saturated carbocycles. The van der Waals surface area contributed by atoms with Crippen molar-refractivity contribution in [3.05, 3.63) is 83.7 Å². The Labute approximate surface area is 176 Å². The first-order chi connectivity index (χ1) is 14.7. The van der Waals surface area contributed by atoms with E-state index >= 15 is 0 Å². The van der Waals surface area contributed by atoms with Gasteiger partial charge in [-0.15, -0.1) is 0 Å². The lowest BCUT2D eigenvalue weighted by Gasteiger charge is -2.39. The molecule has 0 radical (unpaired) electrons. The fourth-order valence-electron chi connectivity index (χ4n) is 4.70. The van der Waals surface area contributed by atoms with E-state index in [4.69, 9.17) is 4.74 Å². The number of nitrogens with one attached hydrogen (secondary N) is 1. The number of carbonyl (C=O) groups is 1. The van der Waals surface area contributed by atoms with E-state index < -0.39 is 6.10 Å². The molecular formula is C24H26N4O2. The van der Waals surface area contributed by atoms with E-state index in [2.05, 4.69) is 39.7 Å². The predicted molar refractivity (Wildman–Crippen MR) is 114 cm³/mol. The van der Waals surface area contributed by atoms with Crippen LogP contribution in [0, 0.1) is 0 Å². The molecule has 1 saturated heterocycles. The summed E-state index contributed by atoms with van der Waals surface area (Å²) in [5, 5.41) is 7.26. The molecule has 3 aromatic rings. The number of hydrogen-bond acceptors (Lipinski definition) is 4. The van der Waals surface area contributed by atoms with Crippen LogP contribution >= 0.6 is 0 Å². The summed E-state index contributed by atoms with van der Waals surface area (Å²) in [4.78, 5) is 14.8. The molecule has 0 bridgehead atoms. The van der Waals surface area contributed by atoms with Crippen molar-refractivity contribution in [1.29, 1.82) is 0 Å². The number of hydrogen-bond donors (Lipinski definition) is 1. The zero-order valence-corrected chi connectivity index (χ0v) is 17.1. The monoisotopic (exact) mass is 402 g/mol. The van der Waals surface area contributed by atoms with Gasteiger partial charge in [0.15, 0.2) is 6.10 Å². The van der Waals surface area contributed by atoms with Crippen LogP contribution in [0.1, 0.15) is 35.6 Å². The number of amides is 1. The van der Waals surface area contributed by atoms with Crippen LogP contribution in [0.25, 0.3) is 5.69 Å². The molecule has 1 amide bonds. The normalized spacial score (nSPS) is 20.2. The van der Waals surface area contributed by atoms with Gasteiger partial charge in [-0.3, -0.25) is 9.69 Å². The smallest absolute Gasteiger partial charge is 0.253 e. The Morgan fingerprint density at radius 2 is 1.87 bits per heavy atom. The van der Waals surface area contributed by atoms with Crippen LogP contribution in [0.15, 0.2) is 67.0 Å². The number of likely N-dealkylation sites (tertiary alicyclic amines) is 1. The summed E-state index contributed by atoms with van der Waals surface area (Å²) in [6.45, 7) is 2.71. The van der Waals surface area contributed by atoms with Crippen LogP contribution in [0.3, 0.4) is 0 Å². The number of nitrogens with zero attached hydrogens (tertiary/aromatic N) is 3. The minimum atomic E-state index is -0.512. The van der Waals surface area contributed by atoms with Gasteiger partial charge in [0.25, 0.3) is 5.91 Å². The summed E-state index contributed by atoms with van der Waals surface area (Å²) < 4.78 is 8.34. The average Bonchev–Trinajstić information content (AvgIpc) is 3.39. The fourth-order valence-corrected chi connectivity index (χ4v) is 4.70. The molecule has 2 aromatic carbocycles. The molecule has 1 N–H and O–H groups in total. The van der Waals surface area contributed by atoms with Gasteiger partial charge in [0.05, 0.1) is 17.5 Å². The third kappa shape index (κ3) is 3.32. The second-order valence-electron chi connectivity index (χ2n) is 8.10. The Balaban J connectivity index is 1.28. The first-order valence-electron chi connectivity index (χ1n) is 10.5. The predicted octanol–water partition coefficient (Wildman–Crippen LogP) is 3.18. The maximum Gasteiger partial charge on any atom is 0.253 e. The van der Waals surface area contributed by atoms with Gasteiger partial charge in [-0.25, -0.2) is 4.68 Å². The van der Waals surface area contributed by atoms with Crippen LogP contribution in [0.4, 0.5) is 0 Å². The van der Waals surface area contributed by atoms with Gasteiger partial charge in [-0.1, -0.05) is 42.5 Å². The van der Waals surface area contributed by atoms with Crippen molar-refractivity contribution in [2.75, 3.05) is 20.1 Å². The van der Waals surface area contributed by atoms with E-state index in [0.29, 0.717) is 0 Å². The van der Waals surface area contributed by atoms with E-state index in [1.807, 2.05) is 47.3 Å². The molecule has 2 aliphatic heterocycles. The van der Waals surface area contributed by atoms with Crippen molar-refractivity contribution in [1.82, 2.24) is 20.0 Å². The van der Waals surface area contributed by atoms with Gasteiger partial charge in [-0.05, 0) is 36.1 Å². The Kier molecular flexibility index (Phi) is 4.89. The maximum absolute atomic E-state index is 12.4. The first-order valence-corrected chi connectivity index (χ1v) is 10.5. The lowest BCUT2D eigenvalue weighted by atomic mass is 9.83. The molecule has 2 aliphatic rings. The number of para-hydroxylation sites is 1. The molecule has 0 aliphatic carbocycles. The highest BCUT2D eigenvalue weighted by Gasteiger charge is 2.48. The Hall–Kier alpha value is -2.96. The zero-order valence-electron chi connectivity index (χ0n) is 17.1. The quantitative estimate of drug-likeness (QED) is 0.728. The minimum absolute atomic E-state index is 0.0740. The number of benzene rings is 2. The Morgan fingerprint density at radius 3 is 2.63 bits per heavy atom. The molecule has 154 valence electrons. The molecule has 3 heterocycles. The van der Waals surface area contributed by atoms with E-state index in [-0.39, 0.29) is 11.5 Å². The number of rotatable bonds is 4. The summed E-state index contributed by atoms with van der Waals surface area (Å²) in [6, 6.07) is 18.3. The van der Waals surface area contributed by atoms with E-state index in [1.54, 1.807) is 7.05 Å². The molecule has 1 unspecified atom stereocenters. The van der Waals surface area contributed by atoms with E-state index in [1.165, 1.54) is 11.1 Å². The van der Waals surface area contributed by atoms with Gasteiger partial charge < -0.3 is 10.1 Å². The molecule has 30 heavy (non-hydrogen) atoms. The molecule has 6 heteroatoms. The van der Waals surface area contributed by atoms with Gasteiger partial charge in [-0.2, -0.15) is 5.10 Å². The molecule has 1 fully saturated rings. The van der Waals surface area contributed by atoms with E-state index in [0.717, 1.165) is 43.7 Å². The number of ether oxygens (including phenoxy) is 1. The standard InChI is InChI=1S/C24H26N4O2/c1-25-23(29)22-20-9-5-6-10-21(20)24(30-22)11-13-27(14-12-24)16-18-15-26-28(17-18)19-7-3-2-4-8-19/h2-10,15,17,22H,11-14,16H2,1H3,(H,25,29). The topological polar surface area (TPSA) is 59.4 Å². The maximum atomic E-state index is 12.4. The lowest BCUT2D eigenvalue weighted by molar-refractivity contribution is -0.150. The second kappa shape index (κ2) is 7.70. The lowest BCUT2D eigenvalue weighted by Crippen LogP contribution is -2.42. The number of likely N-dealkylation sites (N-methyl/N-ethyl adjacent to an activating group) is 1. The van der Waals surface area contributed by atoms with Crippen LogP contribution in [0.5, 0.6) is 0 Å². The Morgan fingerprint density at radius 1 is 1.13 bits per heavy atom. The summed E-state index contributed by atoms with van der Waals surface area (Å²) >= 11 is 0. The van der Waals surface area contributed by atoms with Crippen molar-refractivity contribution in [3.8, 4) is 5.69 Å². The van der Waals surface area contributed by atoms with Crippen LogP contribution in [-0.4, -0.2) is 40.7 Å². The van der Waals surface area contributed by atoms with Crippen molar-refractivity contribution >= 4 is 5.91 Å². The van der Waals surface area contributed by atoms with Crippen molar-refractivity contribution in [2.24, 2.45) is 0 Å². The average molecular weight is 402 g/mol. The molecule has 1 spiro atoms. The number of fused-ring (bicyclic) bond motifs is 2. The number of piperidine rings is 1. The zero-order chi connectivity index (χ0) is 20.6. The van der Waals surface area contributed by atoms with Gasteiger partial charge in [0.2, 0.25) is 0 Å². The largest absolute Gasteiger partial charge is 0.357 e. The van der Waals surface area contributed by atoms with Crippen molar-refractivity contribution in [3.63, 3.8) is 0 Å². The molecule has 1 atom stereocenters. The third-order valence-corrected chi connectivity index (χ3v) is 6.29. The number of carbonyl (C=O) groups excluding carboxylic acids is 1. The second-order valence-corrected chi connectivity index (χ2v) is 8.10. The van der Waals surface area contributed by atoms with Crippen molar-refractivity contribution < 1.29 is 9.53 Å². The van der Waals surface area contributed by atoms with Gasteiger partial charge >= 0.3 is 0 Å². The first kappa shape index (κ1) is 19.0.